The molecular formula is C24H20F4O. The molecule has 3 aromatic carbocycles. The third-order valence-electron chi connectivity index (χ3n) is 5.28. The van der Waals surface area contributed by atoms with Gasteiger partial charge in [-0.15, -0.1) is 13.2 Å². The molecule has 0 aliphatic heterocycles. The Morgan fingerprint density at radius 1 is 0.862 bits per heavy atom. The van der Waals surface area contributed by atoms with Crippen LogP contribution in [0, 0.1) is 5.82 Å². The molecule has 5 heteroatoms. The predicted molar refractivity (Wildman–Crippen MR) is 105 cm³/mol. The second-order valence-electron chi connectivity index (χ2n) is 7.27. The van der Waals surface area contributed by atoms with Gasteiger partial charge < -0.3 is 4.74 Å². The van der Waals surface area contributed by atoms with Crippen LogP contribution in [0.3, 0.4) is 0 Å². The molecule has 0 fully saturated rings. The summed E-state index contributed by atoms with van der Waals surface area (Å²) < 4.78 is 56.2. The summed E-state index contributed by atoms with van der Waals surface area (Å²) in [6.45, 7) is 2.15. The number of ether oxygens (including phenoxy) is 1. The maximum atomic E-state index is 15.3. The molecule has 1 nitrogen and oxygen atoms in total. The number of hydrogen-bond donors (Lipinski definition) is 0. The molecule has 3 aromatic rings. The summed E-state index contributed by atoms with van der Waals surface area (Å²) in [6.07, 6.45) is -1.25. The number of aryl methyl sites for hydroxylation is 2. The van der Waals surface area contributed by atoms with Gasteiger partial charge in [-0.3, -0.25) is 0 Å². The molecule has 0 spiro atoms. The van der Waals surface area contributed by atoms with Crippen LogP contribution in [0.5, 0.6) is 5.75 Å². The van der Waals surface area contributed by atoms with Crippen LogP contribution in [-0.2, 0) is 19.3 Å². The molecule has 0 saturated heterocycles. The molecule has 0 unspecified atom stereocenters. The molecule has 0 saturated carbocycles. The summed E-state index contributed by atoms with van der Waals surface area (Å²) in [7, 11) is 0. The zero-order chi connectivity index (χ0) is 20.6. The molecule has 0 amide bonds. The van der Waals surface area contributed by atoms with E-state index in [0.717, 1.165) is 30.4 Å². The average molecular weight is 400 g/mol. The number of hydrogen-bond acceptors (Lipinski definition) is 1. The number of benzene rings is 3. The first kappa shape index (κ1) is 19.5. The first-order valence-corrected chi connectivity index (χ1v) is 9.65. The van der Waals surface area contributed by atoms with Gasteiger partial charge >= 0.3 is 6.36 Å². The minimum absolute atomic E-state index is 0.310. The normalized spacial score (nSPS) is 13.0. The summed E-state index contributed by atoms with van der Waals surface area (Å²) in [5.74, 6) is -0.633. The van der Waals surface area contributed by atoms with Crippen molar-refractivity contribution in [3.8, 4) is 28.0 Å². The molecule has 1 aliphatic rings. The number of alkyl halides is 3. The molecule has 29 heavy (non-hydrogen) atoms. The monoisotopic (exact) mass is 400 g/mol. The minimum Gasteiger partial charge on any atom is -0.406 e. The van der Waals surface area contributed by atoms with Crippen molar-refractivity contribution in [3.63, 3.8) is 0 Å². The van der Waals surface area contributed by atoms with Crippen molar-refractivity contribution in [1.82, 2.24) is 0 Å². The predicted octanol–water partition coefficient (Wildman–Crippen LogP) is 7.11. The number of halogens is 4. The van der Waals surface area contributed by atoms with Crippen LogP contribution in [0.1, 0.15) is 30.0 Å². The van der Waals surface area contributed by atoms with Gasteiger partial charge in [-0.05, 0) is 64.8 Å². The molecule has 4 rings (SSSR count). The average Bonchev–Trinajstić information content (AvgIpc) is 2.68. The lowest BCUT2D eigenvalue weighted by Gasteiger charge is -2.22. The fraction of sp³-hybridized carbons (Fsp3) is 0.250. The lowest BCUT2D eigenvalue weighted by molar-refractivity contribution is -0.274. The van der Waals surface area contributed by atoms with Gasteiger partial charge in [0, 0.05) is 5.56 Å². The van der Waals surface area contributed by atoms with E-state index in [1.54, 1.807) is 6.07 Å². The molecule has 0 N–H and O–H groups in total. The van der Waals surface area contributed by atoms with Crippen molar-refractivity contribution in [1.29, 1.82) is 0 Å². The second-order valence-corrected chi connectivity index (χ2v) is 7.27. The highest BCUT2D eigenvalue weighted by Gasteiger charge is 2.31. The highest BCUT2D eigenvalue weighted by atomic mass is 19.4. The van der Waals surface area contributed by atoms with Gasteiger partial charge in [0.15, 0.2) is 0 Å². The van der Waals surface area contributed by atoms with Gasteiger partial charge in [0.25, 0.3) is 0 Å². The fourth-order valence-electron chi connectivity index (χ4n) is 4.00. The van der Waals surface area contributed by atoms with Gasteiger partial charge in [0.2, 0.25) is 0 Å². The molecule has 0 bridgehead atoms. The topological polar surface area (TPSA) is 9.23 Å². The first-order valence-electron chi connectivity index (χ1n) is 9.65. The standard InChI is InChI=1S/C24H20F4O/c1-2-3-15-4-10-19-17(14-15)7-11-22-21(19)13-12-20(23(22)25)16-5-8-18(9-6-16)29-24(26,27)28/h4-6,8-10,12-14H,2-3,7,11H2,1H3. The van der Waals surface area contributed by atoms with Crippen molar-refractivity contribution in [3.05, 3.63) is 77.1 Å². The Hall–Kier alpha value is -2.82. The van der Waals surface area contributed by atoms with Gasteiger partial charge in [0.1, 0.15) is 11.6 Å². The van der Waals surface area contributed by atoms with Crippen molar-refractivity contribution in [2.75, 3.05) is 0 Å². The van der Waals surface area contributed by atoms with E-state index in [0.29, 0.717) is 23.1 Å². The Morgan fingerprint density at radius 2 is 1.55 bits per heavy atom. The lowest BCUT2D eigenvalue weighted by atomic mass is 9.82. The van der Waals surface area contributed by atoms with Crippen LogP contribution in [0.4, 0.5) is 17.6 Å². The van der Waals surface area contributed by atoms with E-state index in [1.165, 1.54) is 35.4 Å². The summed E-state index contributed by atoms with van der Waals surface area (Å²) in [4.78, 5) is 0. The second kappa shape index (κ2) is 7.54. The fourth-order valence-corrected chi connectivity index (χ4v) is 4.00. The van der Waals surface area contributed by atoms with Crippen LogP contribution in [0.2, 0.25) is 0 Å². The molecule has 0 radical (unpaired) electrons. The third kappa shape index (κ3) is 4.00. The van der Waals surface area contributed by atoms with Gasteiger partial charge in [0.05, 0.1) is 0 Å². The minimum atomic E-state index is -4.75. The molecular weight excluding hydrogens is 380 g/mol. The van der Waals surface area contributed by atoms with E-state index in [2.05, 4.69) is 29.9 Å². The first-order chi connectivity index (χ1) is 13.9. The van der Waals surface area contributed by atoms with Crippen molar-refractivity contribution in [2.24, 2.45) is 0 Å². The van der Waals surface area contributed by atoms with Crippen LogP contribution in [0.25, 0.3) is 22.3 Å². The van der Waals surface area contributed by atoms with Gasteiger partial charge in [-0.25, -0.2) is 4.39 Å². The maximum Gasteiger partial charge on any atom is 0.573 e. The summed E-state index contributed by atoms with van der Waals surface area (Å²) in [5, 5.41) is 0. The van der Waals surface area contributed by atoms with Crippen LogP contribution in [-0.4, -0.2) is 6.36 Å². The van der Waals surface area contributed by atoms with E-state index in [4.69, 9.17) is 0 Å². The zero-order valence-electron chi connectivity index (χ0n) is 15.9. The zero-order valence-corrected chi connectivity index (χ0v) is 15.9. The SMILES string of the molecule is CCCc1ccc2c(c1)CCc1c-2ccc(-c2ccc(OC(F)(F)F)cc2)c1F. The Balaban J connectivity index is 1.68. The number of rotatable bonds is 4. The lowest BCUT2D eigenvalue weighted by Crippen LogP contribution is -2.16. The maximum absolute atomic E-state index is 15.3. The quantitative estimate of drug-likeness (QED) is 0.424. The largest absolute Gasteiger partial charge is 0.573 e. The molecule has 0 atom stereocenters. The van der Waals surface area contributed by atoms with E-state index < -0.39 is 6.36 Å². The Labute approximate surface area is 167 Å². The highest BCUT2D eigenvalue weighted by Crippen LogP contribution is 2.39. The highest BCUT2D eigenvalue weighted by molar-refractivity contribution is 5.78. The number of fused-ring (bicyclic) bond motifs is 3. The van der Waals surface area contributed by atoms with E-state index in [-0.39, 0.29) is 11.6 Å². The van der Waals surface area contributed by atoms with Crippen molar-refractivity contribution < 1.29 is 22.3 Å². The van der Waals surface area contributed by atoms with E-state index >= 15 is 4.39 Å². The van der Waals surface area contributed by atoms with Crippen LogP contribution in [0.15, 0.2) is 54.6 Å². The Morgan fingerprint density at radius 3 is 2.24 bits per heavy atom. The third-order valence-corrected chi connectivity index (χ3v) is 5.28. The van der Waals surface area contributed by atoms with E-state index in [9.17, 15) is 13.2 Å². The Kier molecular flexibility index (Phi) is 5.07. The smallest absolute Gasteiger partial charge is 0.406 e. The Bertz CT molecular complexity index is 1040. The van der Waals surface area contributed by atoms with E-state index in [1.807, 2.05) is 6.07 Å². The van der Waals surface area contributed by atoms with Crippen molar-refractivity contribution >= 4 is 0 Å². The van der Waals surface area contributed by atoms with Crippen molar-refractivity contribution in [2.45, 2.75) is 39.0 Å². The summed E-state index contributed by atoms with van der Waals surface area (Å²) >= 11 is 0. The van der Waals surface area contributed by atoms with Gasteiger partial charge in [-0.2, -0.15) is 0 Å². The molecule has 0 heterocycles. The summed E-state index contributed by atoms with van der Waals surface area (Å²) in [6, 6.07) is 15.3. The van der Waals surface area contributed by atoms with Gasteiger partial charge in [-0.1, -0.05) is 55.8 Å². The molecule has 1 aliphatic carbocycles. The molecule has 0 aromatic heterocycles. The van der Waals surface area contributed by atoms with Crippen LogP contribution >= 0.6 is 0 Å². The van der Waals surface area contributed by atoms with Crippen LogP contribution < -0.4 is 4.74 Å². The molecule has 150 valence electrons. The summed E-state index contributed by atoms with van der Waals surface area (Å²) in [5.41, 5.74) is 6.06.